The minimum absolute atomic E-state index is 0.0780. The minimum atomic E-state index is -0.858. The second-order valence-electron chi connectivity index (χ2n) is 9.73. The van der Waals surface area contributed by atoms with Crippen molar-refractivity contribution in [1.82, 2.24) is 4.57 Å². The maximum atomic E-state index is 14.1. The van der Waals surface area contributed by atoms with Crippen LogP contribution in [0.1, 0.15) is 29.9 Å². The van der Waals surface area contributed by atoms with Crippen LogP contribution in [0.15, 0.2) is 98.6 Å². The average Bonchev–Trinajstić information content (AvgIpc) is 3.62. The Morgan fingerprint density at radius 1 is 1.07 bits per heavy atom. The third kappa shape index (κ3) is 5.85. The fourth-order valence-corrected chi connectivity index (χ4v) is 6.56. The van der Waals surface area contributed by atoms with Crippen LogP contribution in [0.25, 0.3) is 23.1 Å². The molecule has 1 aliphatic heterocycles. The van der Waals surface area contributed by atoms with E-state index in [4.69, 9.17) is 48.9 Å². The third-order valence-corrected chi connectivity index (χ3v) is 8.81. The van der Waals surface area contributed by atoms with Gasteiger partial charge >= 0.3 is 5.97 Å². The zero-order chi connectivity index (χ0) is 31.8. The molecular weight excluding hydrogens is 661 g/mol. The predicted octanol–water partition coefficient (Wildman–Crippen LogP) is 7.06. The standard InChI is InChI=1S/C32H20Cl3N3O6S/c1-2-43-31(40)27-28(17-6-4-3-5-7-17)36-32-37(29(27)18-8-10-19(33)11-9-18)30(39)26(45-32)14-20-12-13-25(44-20)21-15-23(35)24(38(41)42)16-22(21)34/h3-16,29H,2H2,1H3/b26-14+. The number of rotatable bonds is 7. The largest absolute Gasteiger partial charge is 0.463 e. The molecule has 0 N–H and O–H groups in total. The molecule has 226 valence electrons. The van der Waals surface area contributed by atoms with E-state index in [9.17, 15) is 19.7 Å². The van der Waals surface area contributed by atoms with Crippen LogP contribution in [-0.4, -0.2) is 22.1 Å². The molecule has 0 fully saturated rings. The van der Waals surface area contributed by atoms with Crippen molar-refractivity contribution < 1.29 is 18.9 Å². The highest BCUT2D eigenvalue weighted by Gasteiger charge is 2.35. The maximum Gasteiger partial charge on any atom is 0.338 e. The first-order valence-electron chi connectivity index (χ1n) is 13.4. The van der Waals surface area contributed by atoms with Crippen molar-refractivity contribution in [3.8, 4) is 11.3 Å². The van der Waals surface area contributed by atoms with Gasteiger partial charge in [0, 0.05) is 28.3 Å². The number of nitro groups is 1. The third-order valence-electron chi connectivity index (χ3n) is 6.96. The van der Waals surface area contributed by atoms with Gasteiger partial charge in [0.15, 0.2) is 4.80 Å². The molecule has 13 heteroatoms. The molecule has 1 unspecified atom stereocenters. The summed E-state index contributed by atoms with van der Waals surface area (Å²) in [4.78, 5) is 43.4. The van der Waals surface area contributed by atoms with Gasteiger partial charge in [-0.05, 0) is 42.8 Å². The molecule has 3 aromatic carbocycles. The van der Waals surface area contributed by atoms with Crippen LogP contribution < -0.4 is 14.9 Å². The first-order chi connectivity index (χ1) is 21.7. The molecule has 0 amide bonds. The lowest BCUT2D eigenvalue weighted by molar-refractivity contribution is -0.384. The molecule has 1 atom stereocenters. The van der Waals surface area contributed by atoms with E-state index in [2.05, 4.69) is 0 Å². The molecule has 3 heterocycles. The van der Waals surface area contributed by atoms with Crippen LogP contribution in [0.4, 0.5) is 5.69 Å². The van der Waals surface area contributed by atoms with Crippen LogP contribution in [0, 0.1) is 10.1 Å². The fourth-order valence-electron chi connectivity index (χ4n) is 4.97. The van der Waals surface area contributed by atoms with Crippen LogP contribution in [-0.2, 0) is 9.53 Å². The van der Waals surface area contributed by atoms with E-state index in [0.717, 1.165) is 17.4 Å². The van der Waals surface area contributed by atoms with Gasteiger partial charge in [-0.15, -0.1) is 0 Å². The Morgan fingerprint density at radius 2 is 1.80 bits per heavy atom. The van der Waals surface area contributed by atoms with Crippen molar-refractivity contribution in [2.24, 2.45) is 4.99 Å². The van der Waals surface area contributed by atoms with Crippen LogP contribution in [0.5, 0.6) is 0 Å². The second-order valence-corrected chi connectivity index (χ2v) is 12.0. The molecule has 1 aliphatic rings. The SMILES string of the molecule is CCOC(=O)C1=C(c2ccccc2)N=c2s/c(=C/c3ccc(-c4cc(Cl)c([N+](=O)[O-])cc4Cl)o3)c(=O)n2C1c1ccc(Cl)cc1. The van der Waals surface area contributed by atoms with E-state index in [0.29, 0.717) is 48.3 Å². The Kier molecular flexibility index (Phi) is 8.48. The molecule has 6 rings (SSSR count). The highest BCUT2D eigenvalue weighted by molar-refractivity contribution is 7.07. The molecule has 0 saturated heterocycles. The number of hydrogen-bond acceptors (Lipinski definition) is 8. The number of aromatic nitrogens is 1. The normalized spacial score (nSPS) is 14.7. The van der Waals surface area contributed by atoms with Crippen molar-refractivity contribution >= 4 is 69.6 Å². The number of carbonyl (C=O) groups is 1. The number of nitrogens with zero attached hydrogens (tertiary/aromatic N) is 3. The van der Waals surface area contributed by atoms with E-state index >= 15 is 0 Å². The molecule has 0 bridgehead atoms. The van der Waals surface area contributed by atoms with Crippen molar-refractivity contribution in [3.63, 3.8) is 0 Å². The number of benzene rings is 3. The summed E-state index contributed by atoms with van der Waals surface area (Å²) in [7, 11) is 0. The Morgan fingerprint density at radius 3 is 2.49 bits per heavy atom. The Bertz CT molecular complexity index is 2190. The van der Waals surface area contributed by atoms with Crippen molar-refractivity contribution in [2.75, 3.05) is 6.61 Å². The second kappa shape index (κ2) is 12.5. The monoisotopic (exact) mass is 679 g/mol. The number of nitro benzene ring substituents is 1. The summed E-state index contributed by atoms with van der Waals surface area (Å²) in [5.41, 5.74) is 1.56. The van der Waals surface area contributed by atoms with Gasteiger partial charge in [0.25, 0.3) is 11.2 Å². The summed E-state index contributed by atoms with van der Waals surface area (Å²) in [6, 6.07) is 21.0. The number of furan rings is 1. The predicted molar refractivity (Wildman–Crippen MR) is 173 cm³/mol. The lowest BCUT2D eigenvalue weighted by Gasteiger charge is -2.25. The van der Waals surface area contributed by atoms with Gasteiger partial charge < -0.3 is 9.15 Å². The number of thiazole rings is 1. The molecule has 9 nitrogen and oxygen atoms in total. The van der Waals surface area contributed by atoms with Crippen LogP contribution in [0.3, 0.4) is 0 Å². The quantitative estimate of drug-likeness (QED) is 0.103. The zero-order valence-electron chi connectivity index (χ0n) is 23.2. The van der Waals surface area contributed by atoms with E-state index < -0.39 is 22.5 Å². The summed E-state index contributed by atoms with van der Waals surface area (Å²) in [6.07, 6.45) is 1.56. The minimum Gasteiger partial charge on any atom is -0.463 e. The number of esters is 1. The average molecular weight is 681 g/mol. The van der Waals surface area contributed by atoms with Gasteiger partial charge in [-0.25, -0.2) is 9.79 Å². The summed E-state index contributed by atoms with van der Waals surface area (Å²) in [6.45, 7) is 1.84. The van der Waals surface area contributed by atoms with Crippen LogP contribution >= 0.6 is 46.1 Å². The molecule has 45 heavy (non-hydrogen) atoms. The van der Waals surface area contributed by atoms with Crippen molar-refractivity contribution in [2.45, 2.75) is 13.0 Å². The van der Waals surface area contributed by atoms with Gasteiger partial charge in [-0.3, -0.25) is 19.5 Å². The van der Waals surface area contributed by atoms with Gasteiger partial charge in [0.2, 0.25) is 0 Å². The molecule has 2 aromatic heterocycles. The lowest BCUT2D eigenvalue weighted by atomic mass is 9.93. The van der Waals surface area contributed by atoms with E-state index in [1.807, 2.05) is 30.3 Å². The molecule has 0 saturated carbocycles. The van der Waals surface area contributed by atoms with Crippen molar-refractivity contribution in [1.29, 1.82) is 0 Å². The highest BCUT2D eigenvalue weighted by Crippen LogP contribution is 2.38. The van der Waals surface area contributed by atoms with Crippen LogP contribution in [0.2, 0.25) is 15.1 Å². The van der Waals surface area contributed by atoms with Crippen molar-refractivity contribution in [3.05, 3.63) is 146 Å². The Balaban J connectivity index is 1.53. The maximum absolute atomic E-state index is 14.1. The number of carbonyl (C=O) groups excluding carboxylic acids is 1. The first kappa shape index (κ1) is 30.5. The van der Waals surface area contributed by atoms with E-state index in [1.165, 1.54) is 10.6 Å². The van der Waals surface area contributed by atoms with Gasteiger partial charge in [0.05, 0.1) is 38.4 Å². The number of fused-ring (bicyclic) bond motifs is 1. The lowest BCUT2D eigenvalue weighted by Crippen LogP contribution is -2.39. The van der Waals surface area contributed by atoms with Gasteiger partial charge in [0.1, 0.15) is 16.5 Å². The van der Waals surface area contributed by atoms with E-state index in [1.54, 1.807) is 49.4 Å². The summed E-state index contributed by atoms with van der Waals surface area (Å²) in [5, 5.41) is 11.7. The zero-order valence-corrected chi connectivity index (χ0v) is 26.3. The van der Waals surface area contributed by atoms with Gasteiger partial charge in [-0.1, -0.05) is 88.6 Å². The molecule has 0 spiro atoms. The highest BCUT2D eigenvalue weighted by atomic mass is 35.5. The van der Waals surface area contributed by atoms with E-state index in [-0.39, 0.29) is 27.9 Å². The molecule has 0 radical (unpaired) electrons. The Hall–Kier alpha value is -4.48. The Labute approximate surface area is 274 Å². The number of ether oxygens (including phenoxy) is 1. The molecule has 0 aliphatic carbocycles. The fraction of sp³-hybridized carbons (Fsp3) is 0.0938. The number of halogens is 3. The molecular formula is C32H20Cl3N3O6S. The number of hydrogen-bond donors (Lipinski definition) is 0. The smallest absolute Gasteiger partial charge is 0.338 e. The molecule has 5 aromatic rings. The summed E-state index contributed by atoms with van der Waals surface area (Å²) >= 11 is 19.7. The topological polar surface area (TPSA) is 117 Å². The van der Waals surface area contributed by atoms with Gasteiger partial charge in [-0.2, -0.15) is 0 Å². The first-order valence-corrected chi connectivity index (χ1v) is 15.4. The summed E-state index contributed by atoms with van der Waals surface area (Å²) in [5.74, 6) is 0.0196. The summed E-state index contributed by atoms with van der Waals surface area (Å²) < 4.78 is 13.2.